The number of hydrogen-bond acceptors (Lipinski definition) is 5. The lowest BCUT2D eigenvalue weighted by Crippen LogP contribution is -2.13. The summed E-state index contributed by atoms with van der Waals surface area (Å²) in [7, 11) is 0. The number of thiazole rings is 1. The Labute approximate surface area is 190 Å². The Bertz CT molecular complexity index is 1410. The molecule has 1 N–H and O–H groups in total. The number of pyridine rings is 1. The molecule has 0 fully saturated rings. The van der Waals surface area contributed by atoms with Gasteiger partial charge in [-0.05, 0) is 37.3 Å². The largest absolute Gasteiger partial charge is 0.298 e. The fourth-order valence-electron chi connectivity index (χ4n) is 3.29. The highest BCUT2D eigenvalue weighted by Gasteiger charge is 2.17. The summed E-state index contributed by atoms with van der Waals surface area (Å²) in [5, 5.41) is 10.8. The Balaban J connectivity index is 1.38. The molecule has 3 heterocycles. The number of aromatic nitrogens is 4. The van der Waals surface area contributed by atoms with Crippen LogP contribution in [0.3, 0.4) is 0 Å². The molecule has 0 aliphatic rings. The number of para-hydroxylation sites is 1. The third kappa shape index (κ3) is 3.87. The van der Waals surface area contributed by atoms with Gasteiger partial charge in [-0.1, -0.05) is 46.3 Å². The Morgan fingerprint density at radius 2 is 1.84 bits per heavy atom. The highest BCUT2D eigenvalue weighted by Crippen LogP contribution is 2.27. The van der Waals surface area contributed by atoms with Gasteiger partial charge in [0, 0.05) is 20.8 Å². The molecule has 152 valence electrons. The molecule has 0 saturated heterocycles. The lowest BCUT2D eigenvalue weighted by molar-refractivity contribution is 0.102. The van der Waals surface area contributed by atoms with E-state index in [1.165, 1.54) is 11.3 Å². The average molecular weight is 490 g/mol. The van der Waals surface area contributed by atoms with Crippen molar-refractivity contribution in [2.75, 3.05) is 5.32 Å². The second-order valence-electron chi connectivity index (χ2n) is 6.92. The first-order valence-electron chi connectivity index (χ1n) is 9.52. The smallest absolute Gasteiger partial charge is 0.260 e. The van der Waals surface area contributed by atoms with Gasteiger partial charge in [-0.3, -0.25) is 10.1 Å². The van der Waals surface area contributed by atoms with Crippen LogP contribution in [0.5, 0.6) is 0 Å². The van der Waals surface area contributed by atoms with Gasteiger partial charge in [0.1, 0.15) is 0 Å². The lowest BCUT2D eigenvalue weighted by atomic mass is 10.2. The van der Waals surface area contributed by atoms with Gasteiger partial charge in [0.15, 0.2) is 10.9 Å². The van der Waals surface area contributed by atoms with Gasteiger partial charge in [0.05, 0.1) is 28.7 Å². The van der Waals surface area contributed by atoms with Crippen LogP contribution in [-0.2, 0) is 0 Å². The van der Waals surface area contributed by atoms with Gasteiger partial charge in [-0.25, -0.2) is 14.6 Å². The van der Waals surface area contributed by atoms with Crippen molar-refractivity contribution in [3.05, 3.63) is 88.0 Å². The summed E-state index contributed by atoms with van der Waals surface area (Å²) in [5.74, 6) is 0.420. The van der Waals surface area contributed by atoms with Crippen LogP contribution in [0.1, 0.15) is 16.1 Å². The van der Waals surface area contributed by atoms with Crippen LogP contribution in [-0.4, -0.2) is 25.7 Å². The topological polar surface area (TPSA) is 72.7 Å². The molecule has 2 aromatic carbocycles. The molecule has 0 spiro atoms. The molecule has 5 rings (SSSR count). The normalized spacial score (nSPS) is 11.0. The fourth-order valence-corrected chi connectivity index (χ4v) is 4.26. The monoisotopic (exact) mass is 489 g/mol. The summed E-state index contributed by atoms with van der Waals surface area (Å²) in [6.45, 7) is 1.86. The van der Waals surface area contributed by atoms with E-state index in [0.717, 1.165) is 26.6 Å². The maximum absolute atomic E-state index is 12.9. The Hall–Kier alpha value is -3.36. The number of nitrogens with one attached hydrogen (secondary N) is 1. The minimum atomic E-state index is -0.249. The first-order chi connectivity index (χ1) is 15.1. The maximum atomic E-state index is 12.9. The zero-order valence-electron chi connectivity index (χ0n) is 16.4. The zero-order valence-corrected chi connectivity index (χ0v) is 18.8. The lowest BCUT2D eigenvalue weighted by Gasteiger charge is -2.06. The number of carbonyl (C=O) groups is 1. The van der Waals surface area contributed by atoms with E-state index in [1.54, 1.807) is 10.9 Å². The van der Waals surface area contributed by atoms with Crippen LogP contribution in [0.2, 0.25) is 0 Å². The van der Waals surface area contributed by atoms with Crippen molar-refractivity contribution in [2.24, 2.45) is 0 Å². The van der Waals surface area contributed by atoms with Gasteiger partial charge < -0.3 is 0 Å². The molecular formula is C23H16BrN5OS. The van der Waals surface area contributed by atoms with E-state index in [0.29, 0.717) is 22.2 Å². The van der Waals surface area contributed by atoms with Crippen molar-refractivity contribution in [2.45, 2.75) is 6.92 Å². The van der Waals surface area contributed by atoms with Crippen molar-refractivity contribution < 1.29 is 4.79 Å². The molecule has 0 bridgehead atoms. The number of fused-ring (bicyclic) bond motifs is 1. The van der Waals surface area contributed by atoms with Crippen LogP contribution < -0.4 is 5.32 Å². The van der Waals surface area contributed by atoms with Crippen LogP contribution in [0.4, 0.5) is 5.13 Å². The van der Waals surface area contributed by atoms with Crippen molar-refractivity contribution in [3.8, 4) is 17.1 Å². The standard InChI is InChI=1S/C23H16BrN5OS/c1-14-18(12-25-29(14)21-11-8-15-4-2-3-5-19(15)26-21)22(30)28-23-27-20(13-31-23)16-6-9-17(24)10-7-16/h2-13H,1H3,(H,27,28,30). The van der Waals surface area contributed by atoms with Crippen LogP contribution in [0.25, 0.3) is 28.0 Å². The molecular weight excluding hydrogens is 474 g/mol. The summed E-state index contributed by atoms with van der Waals surface area (Å²) >= 11 is 4.82. The SMILES string of the molecule is Cc1c(C(=O)Nc2nc(-c3ccc(Br)cc3)cs2)cnn1-c1ccc2ccccc2n1. The van der Waals surface area contributed by atoms with Crippen molar-refractivity contribution >= 4 is 49.2 Å². The fraction of sp³-hybridized carbons (Fsp3) is 0.0435. The first kappa shape index (κ1) is 19.6. The number of benzene rings is 2. The molecule has 0 aliphatic carbocycles. The van der Waals surface area contributed by atoms with E-state index in [2.05, 4.69) is 36.3 Å². The van der Waals surface area contributed by atoms with Gasteiger partial charge in [0.25, 0.3) is 5.91 Å². The number of halogens is 1. The molecule has 0 radical (unpaired) electrons. The van der Waals surface area contributed by atoms with E-state index in [-0.39, 0.29) is 5.91 Å². The Kier molecular flexibility index (Phi) is 5.09. The molecule has 31 heavy (non-hydrogen) atoms. The maximum Gasteiger partial charge on any atom is 0.260 e. The first-order valence-corrected chi connectivity index (χ1v) is 11.2. The van der Waals surface area contributed by atoms with E-state index >= 15 is 0 Å². The zero-order chi connectivity index (χ0) is 21.4. The van der Waals surface area contributed by atoms with E-state index in [4.69, 9.17) is 0 Å². The summed E-state index contributed by atoms with van der Waals surface area (Å²) < 4.78 is 2.68. The van der Waals surface area contributed by atoms with E-state index in [9.17, 15) is 4.79 Å². The highest BCUT2D eigenvalue weighted by atomic mass is 79.9. The van der Waals surface area contributed by atoms with Crippen molar-refractivity contribution in [1.29, 1.82) is 0 Å². The molecule has 0 saturated carbocycles. The number of amides is 1. The van der Waals surface area contributed by atoms with Gasteiger partial charge in [0.2, 0.25) is 0 Å². The molecule has 3 aromatic heterocycles. The van der Waals surface area contributed by atoms with Crippen LogP contribution in [0, 0.1) is 6.92 Å². The Morgan fingerprint density at radius 1 is 1.03 bits per heavy atom. The second kappa shape index (κ2) is 8.05. The van der Waals surface area contributed by atoms with Crippen molar-refractivity contribution in [3.63, 3.8) is 0 Å². The van der Waals surface area contributed by atoms with Gasteiger partial charge in [-0.2, -0.15) is 5.10 Å². The van der Waals surface area contributed by atoms with E-state index in [1.807, 2.05) is 73.0 Å². The third-order valence-corrected chi connectivity index (χ3v) is 6.21. The predicted octanol–water partition coefficient (Wildman–Crippen LogP) is 5.87. The summed E-state index contributed by atoms with van der Waals surface area (Å²) in [5.41, 5.74) is 3.89. The molecule has 6 nitrogen and oxygen atoms in total. The highest BCUT2D eigenvalue weighted by molar-refractivity contribution is 9.10. The molecule has 0 unspecified atom stereocenters. The summed E-state index contributed by atoms with van der Waals surface area (Å²) in [6.07, 6.45) is 1.56. The molecule has 8 heteroatoms. The summed E-state index contributed by atoms with van der Waals surface area (Å²) in [6, 6.07) is 19.7. The number of rotatable bonds is 4. The predicted molar refractivity (Wildman–Crippen MR) is 127 cm³/mol. The van der Waals surface area contributed by atoms with Crippen molar-refractivity contribution in [1.82, 2.24) is 19.7 Å². The molecule has 0 aliphatic heterocycles. The quantitative estimate of drug-likeness (QED) is 0.342. The minimum absolute atomic E-state index is 0.249. The second-order valence-corrected chi connectivity index (χ2v) is 8.69. The molecule has 5 aromatic rings. The average Bonchev–Trinajstić information content (AvgIpc) is 3.40. The van der Waals surface area contributed by atoms with E-state index < -0.39 is 0 Å². The number of hydrogen-bond donors (Lipinski definition) is 1. The molecule has 1 amide bonds. The molecule has 0 atom stereocenters. The minimum Gasteiger partial charge on any atom is -0.298 e. The third-order valence-electron chi connectivity index (χ3n) is 4.92. The number of nitrogens with zero attached hydrogens (tertiary/aromatic N) is 4. The number of anilines is 1. The van der Waals surface area contributed by atoms with Crippen LogP contribution in [0.15, 0.2) is 76.7 Å². The van der Waals surface area contributed by atoms with Gasteiger partial charge in [-0.15, -0.1) is 11.3 Å². The van der Waals surface area contributed by atoms with Gasteiger partial charge >= 0.3 is 0 Å². The Morgan fingerprint density at radius 3 is 2.68 bits per heavy atom. The summed E-state index contributed by atoms with van der Waals surface area (Å²) in [4.78, 5) is 22.1. The number of carbonyl (C=O) groups excluding carboxylic acids is 1. The van der Waals surface area contributed by atoms with Crippen LogP contribution >= 0.6 is 27.3 Å².